The minimum absolute atomic E-state index is 0.346. The van der Waals surface area contributed by atoms with Crippen LogP contribution in [0.1, 0.15) is 23.2 Å². The second-order valence-corrected chi connectivity index (χ2v) is 3.75. The molecule has 0 heterocycles. The molecule has 0 saturated carbocycles. The Morgan fingerprint density at radius 1 is 1.38 bits per heavy atom. The van der Waals surface area contributed by atoms with Gasteiger partial charge in [0.1, 0.15) is 5.75 Å². The lowest BCUT2D eigenvalue weighted by Crippen LogP contribution is -2.02. The van der Waals surface area contributed by atoms with Gasteiger partial charge in [0, 0.05) is 0 Å². The highest BCUT2D eigenvalue weighted by atomic mass is 32.1. The smallest absolute Gasteiger partial charge is 0.337 e. The summed E-state index contributed by atoms with van der Waals surface area (Å²) < 4.78 is 10.1. The monoisotopic (exact) mass is 240 g/mol. The molecule has 0 amide bonds. The molecule has 0 unspecified atom stereocenters. The quantitative estimate of drug-likeness (QED) is 0.471. The van der Waals surface area contributed by atoms with Crippen LogP contribution in [-0.2, 0) is 4.74 Å². The van der Waals surface area contributed by atoms with E-state index in [2.05, 4.69) is 17.4 Å². The number of benzene rings is 1. The van der Waals surface area contributed by atoms with Gasteiger partial charge in [0.25, 0.3) is 0 Å². The van der Waals surface area contributed by atoms with Crippen LogP contribution in [0.2, 0.25) is 0 Å². The van der Waals surface area contributed by atoms with Crippen molar-refractivity contribution in [1.82, 2.24) is 0 Å². The van der Waals surface area contributed by atoms with Gasteiger partial charge in [-0.1, -0.05) is 6.07 Å². The van der Waals surface area contributed by atoms with Gasteiger partial charge in [0.15, 0.2) is 0 Å². The third kappa shape index (κ3) is 4.14. The third-order valence-electron chi connectivity index (χ3n) is 2.08. The van der Waals surface area contributed by atoms with Crippen molar-refractivity contribution in [3.8, 4) is 5.75 Å². The molecule has 16 heavy (non-hydrogen) atoms. The summed E-state index contributed by atoms with van der Waals surface area (Å²) in [5.74, 6) is 1.22. The van der Waals surface area contributed by atoms with E-state index in [1.165, 1.54) is 7.11 Å². The first-order valence-corrected chi connectivity index (χ1v) is 5.83. The zero-order valence-electron chi connectivity index (χ0n) is 9.31. The average Bonchev–Trinajstić information content (AvgIpc) is 2.34. The molecule has 1 aromatic carbocycles. The topological polar surface area (TPSA) is 35.5 Å². The number of hydrogen-bond donors (Lipinski definition) is 1. The van der Waals surface area contributed by atoms with Crippen LogP contribution in [0, 0.1) is 0 Å². The van der Waals surface area contributed by atoms with Crippen LogP contribution in [0.5, 0.6) is 5.75 Å². The molecule has 0 saturated heterocycles. The van der Waals surface area contributed by atoms with Crippen LogP contribution in [0.3, 0.4) is 0 Å². The summed E-state index contributed by atoms with van der Waals surface area (Å²) in [4.78, 5) is 11.3. The Morgan fingerprint density at radius 2 is 2.19 bits per heavy atom. The zero-order chi connectivity index (χ0) is 11.8. The second kappa shape index (κ2) is 7.17. The van der Waals surface area contributed by atoms with E-state index in [1.54, 1.807) is 18.2 Å². The van der Waals surface area contributed by atoms with E-state index in [0.717, 1.165) is 18.6 Å². The van der Waals surface area contributed by atoms with Crippen molar-refractivity contribution in [2.45, 2.75) is 12.8 Å². The molecule has 0 fully saturated rings. The normalized spacial score (nSPS) is 9.88. The highest BCUT2D eigenvalue weighted by Gasteiger charge is 2.05. The number of methoxy groups -OCH3 is 1. The van der Waals surface area contributed by atoms with Gasteiger partial charge in [-0.25, -0.2) is 4.79 Å². The van der Waals surface area contributed by atoms with E-state index >= 15 is 0 Å². The Hall–Kier alpha value is -1.16. The highest BCUT2D eigenvalue weighted by molar-refractivity contribution is 7.80. The number of hydrogen-bond acceptors (Lipinski definition) is 4. The van der Waals surface area contributed by atoms with E-state index < -0.39 is 0 Å². The van der Waals surface area contributed by atoms with Crippen LogP contribution >= 0.6 is 12.6 Å². The van der Waals surface area contributed by atoms with Crippen molar-refractivity contribution < 1.29 is 14.3 Å². The van der Waals surface area contributed by atoms with Crippen LogP contribution in [0.15, 0.2) is 24.3 Å². The van der Waals surface area contributed by atoms with Crippen molar-refractivity contribution in [3.63, 3.8) is 0 Å². The number of rotatable bonds is 6. The van der Waals surface area contributed by atoms with Gasteiger partial charge in [-0.05, 0) is 36.8 Å². The lowest BCUT2D eigenvalue weighted by molar-refractivity contribution is 0.0600. The molecule has 0 atom stereocenters. The fourth-order valence-electron chi connectivity index (χ4n) is 1.23. The minimum atomic E-state index is -0.346. The first-order valence-electron chi connectivity index (χ1n) is 5.20. The van der Waals surface area contributed by atoms with Gasteiger partial charge in [-0.3, -0.25) is 0 Å². The van der Waals surface area contributed by atoms with Crippen LogP contribution in [-0.4, -0.2) is 25.4 Å². The van der Waals surface area contributed by atoms with Gasteiger partial charge in [0.2, 0.25) is 0 Å². The summed E-state index contributed by atoms with van der Waals surface area (Å²) in [5.41, 5.74) is 0.509. The molecule has 1 aromatic rings. The fraction of sp³-hybridized carbons (Fsp3) is 0.417. The first-order chi connectivity index (χ1) is 7.77. The van der Waals surface area contributed by atoms with E-state index in [-0.39, 0.29) is 5.97 Å². The molecule has 0 radical (unpaired) electrons. The Labute approximate surface area is 101 Å². The maximum absolute atomic E-state index is 11.3. The summed E-state index contributed by atoms with van der Waals surface area (Å²) in [6.45, 7) is 0.644. The number of thiol groups is 1. The summed E-state index contributed by atoms with van der Waals surface area (Å²) in [5, 5.41) is 0. The van der Waals surface area contributed by atoms with Crippen LogP contribution in [0.25, 0.3) is 0 Å². The molecule has 88 valence electrons. The van der Waals surface area contributed by atoms with Crippen LogP contribution in [0.4, 0.5) is 0 Å². The zero-order valence-corrected chi connectivity index (χ0v) is 10.2. The number of carbonyl (C=O) groups excluding carboxylic acids is 1. The SMILES string of the molecule is COC(=O)c1cccc(OCCCCS)c1. The maximum Gasteiger partial charge on any atom is 0.337 e. The highest BCUT2D eigenvalue weighted by Crippen LogP contribution is 2.14. The number of esters is 1. The standard InChI is InChI=1S/C12H16O3S/c1-14-12(13)10-5-4-6-11(9-10)15-7-2-3-8-16/h4-6,9,16H,2-3,7-8H2,1H3. The van der Waals surface area contributed by atoms with Crippen LogP contribution < -0.4 is 4.74 Å². The first kappa shape index (κ1) is 12.9. The molecule has 3 nitrogen and oxygen atoms in total. The summed E-state index contributed by atoms with van der Waals surface area (Å²) >= 11 is 4.12. The molecule has 0 bridgehead atoms. The lowest BCUT2D eigenvalue weighted by Gasteiger charge is -2.06. The molecule has 0 aliphatic rings. The van der Waals surface area contributed by atoms with E-state index in [1.807, 2.05) is 6.07 Å². The maximum atomic E-state index is 11.3. The van der Waals surface area contributed by atoms with Gasteiger partial charge >= 0.3 is 5.97 Å². The van der Waals surface area contributed by atoms with Crippen molar-refractivity contribution in [1.29, 1.82) is 0 Å². The molecule has 0 aliphatic heterocycles. The lowest BCUT2D eigenvalue weighted by atomic mass is 10.2. The van der Waals surface area contributed by atoms with Crippen molar-refractivity contribution in [2.24, 2.45) is 0 Å². The largest absolute Gasteiger partial charge is 0.494 e. The Balaban J connectivity index is 2.50. The number of ether oxygens (including phenoxy) is 2. The number of carbonyl (C=O) groups is 1. The minimum Gasteiger partial charge on any atom is -0.494 e. The predicted octanol–water partition coefficient (Wildman–Crippen LogP) is 2.56. The van der Waals surface area contributed by atoms with Gasteiger partial charge in [-0.2, -0.15) is 12.6 Å². The molecule has 1 rings (SSSR count). The summed E-state index contributed by atoms with van der Waals surface area (Å²) in [6, 6.07) is 6.99. The van der Waals surface area contributed by atoms with Crippen molar-refractivity contribution >= 4 is 18.6 Å². The molecule has 0 spiro atoms. The summed E-state index contributed by atoms with van der Waals surface area (Å²) in [7, 11) is 1.36. The van der Waals surface area contributed by atoms with Gasteiger partial charge in [0.05, 0.1) is 19.3 Å². The molecule has 4 heteroatoms. The average molecular weight is 240 g/mol. The Morgan fingerprint density at radius 3 is 2.88 bits per heavy atom. The van der Waals surface area contributed by atoms with E-state index in [4.69, 9.17) is 4.74 Å². The molecule has 0 N–H and O–H groups in total. The van der Waals surface area contributed by atoms with Gasteiger partial charge in [-0.15, -0.1) is 0 Å². The number of unbranched alkanes of at least 4 members (excludes halogenated alkanes) is 1. The molecule has 0 aliphatic carbocycles. The van der Waals surface area contributed by atoms with Gasteiger partial charge < -0.3 is 9.47 Å². The third-order valence-corrected chi connectivity index (χ3v) is 2.39. The molecule has 0 aromatic heterocycles. The van der Waals surface area contributed by atoms with E-state index in [0.29, 0.717) is 17.9 Å². The molecular weight excluding hydrogens is 224 g/mol. The second-order valence-electron chi connectivity index (χ2n) is 3.30. The summed E-state index contributed by atoms with van der Waals surface area (Å²) in [6.07, 6.45) is 1.99. The van der Waals surface area contributed by atoms with Crippen molar-refractivity contribution in [2.75, 3.05) is 19.5 Å². The Kier molecular flexibility index (Phi) is 5.78. The fourth-order valence-corrected chi connectivity index (χ4v) is 1.46. The molecular formula is C12H16O3S. The van der Waals surface area contributed by atoms with E-state index in [9.17, 15) is 4.79 Å². The predicted molar refractivity (Wildman–Crippen MR) is 66.4 cm³/mol. The Bertz CT molecular complexity index is 339. The van der Waals surface area contributed by atoms with Crippen molar-refractivity contribution in [3.05, 3.63) is 29.8 Å².